The Labute approximate surface area is 128 Å². The number of nitro benzene ring substituents is 1. The van der Waals surface area contributed by atoms with Gasteiger partial charge in [0.15, 0.2) is 0 Å². The average molecular weight is 389 g/mol. The molecule has 0 fully saturated rings. The molecule has 19 heavy (non-hydrogen) atoms. The van der Waals surface area contributed by atoms with E-state index in [0.29, 0.717) is 9.49 Å². The molecule has 1 unspecified atom stereocenters. The maximum absolute atomic E-state index is 10.7. The van der Waals surface area contributed by atoms with Crippen LogP contribution in [0.25, 0.3) is 0 Å². The summed E-state index contributed by atoms with van der Waals surface area (Å²) in [4.78, 5) is 14.6. The number of hydrogen-bond donors (Lipinski definition) is 1. The van der Waals surface area contributed by atoms with Crippen LogP contribution in [0, 0.1) is 13.7 Å². The predicted octanol–water partition coefficient (Wildman–Crippen LogP) is 3.87. The van der Waals surface area contributed by atoms with E-state index in [9.17, 15) is 10.1 Å². The Bertz CT molecular complexity index is 574. The summed E-state index contributed by atoms with van der Waals surface area (Å²) in [6.07, 6.45) is 1.80. The Hall–Kier alpha value is -1.22. The van der Waals surface area contributed by atoms with Crippen LogP contribution in [0.5, 0.6) is 0 Å². The minimum atomic E-state index is -0.371. The monoisotopic (exact) mass is 389 g/mol. The Morgan fingerprint density at radius 1 is 1.58 bits per heavy atom. The van der Waals surface area contributed by atoms with Crippen molar-refractivity contribution in [2.75, 3.05) is 11.9 Å². The lowest BCUT2D eigenvalue weighted by Crippen LogP contribution is -2.09. The number of rotatable bonds is 5. The molecule has 1 atom stereocenters. The highest BCUT2D eigenvalue weighted by atomic mass is 127. The molecule has 2 aromatic rings. The van der Waals surface area contributed by atoms with E-state index in [2.05, 4.69) is 17.2 Å². The molecule has 1 heterocycles. The average Bonchev–Trinajstić information content (AvgIpc) is 2.89. The van der Waals surface area contributed by atoms with Crippen molar-refractivity contribution in [2.24, 2.45) is 0 Å². The zero-order chi connectivity index (χ0) is 13.8. The quantitative estimate of drug-likeness (QED) is 0.479. The van der Waals surface area contributed by atoms with E-state index in [0.717, 1.165) is 17.2 Å². The van der Waals surface area contributed by atoms with Gasteiger partial charge in [0.1, 0.15) is 0 Å². The molecule has 0 amide bonds. The van der Waals surface area contributed by atoms with Gasteiger partial charge in [-0.15, -0.1) is 11.3 Å². The van der Waals surface area contributed by atoms with Gasteiger partial charge in [-0.05, 0) is 34.7 Å². The lowest BCUT2D eigenvalue weighted by atomic mass is 10.2. The molecule has 7 heteroatoms. The van der Waals surface area contributed by atoms with Crippen LogP contribution in [0.4, 0.5) is 11.4 Å². The molecule has 1 aromatic heterocycles. The molecule has 0 aliphatic rings. The van der Waals surface area contributed by atoms with E-state index in [1.54, 1.807) is 29.7 Å². The number of nitrogens with one attached hydrogen (secondary N) is 1. The molecule has 0 saturated carbocycles. The third kappa shape index (κ3) is 3.63. The fourth-order valence-electron chi connectivity index (χ4n) is 1.60. The van der Waals surface area contributed by atoms with Crippen molar-refractivity contribution in [3.8, 4) is 0 Å². The number of benzene rings is 1. The summed E-state index contributed by atoms with van der Waals surface area (Å²) in [5.41, 5.74) is 1.03. The summed E-state index contributed by atoms with van der Waals surface area (Å²) in [5.74, 6) is 0.313. The van der Waals surface area contributed by atoms with Crippen molar-refractivity contribution >= 4 is 45.3 Å². The number of halogens is 1. The van der Waals surface area contributed by atoms with Gasteiger partial charge in [-0.3, -0.25) is 10.1 Å². The second-order valence-electron chi connectivity index (χ2n) is 4.08. The van der Waals surface area contributed by atoms with Crippen LogP contribution in [-0.4, -0.2) is 16.5 Å². The molecule has 5 nitrogen and oxygen atoms in total. The summed E-state index contributed by atoms with van der Waals surface area (Å²) < 4.78 is 0.634. The second-order valence-corrected chi connectivity index (χ2v) is 6.16. The maximum Gasteiger partial charge on any atom is 0.282 e. The Morgan fingerprint density at radius 2 is 2.37 bits per heavy atom. The van der Waals surface area contributed by atoms with Gasteiger partial charge < -0.3 is 5.32 Å². The Kier molecular flexibility index (Phi) is 4.70. The highest BCUT2D eigenvalue weighted by molar-refractivity contribution is 14.1. The van der Waals surface area contributed by atoms with Gasteiger partial charge in [0.05, 0.1) is 13.5 Å². The van der Waals surface area contributed by atoms with Gasteiger partial charge in [0.25, 0.3) is 5.69 Å². The van der Waals surface area contributed by atoms with E-state index < -0.39 is 0 Å². The normalized spacial score (nSPS) is 12.1. The van der Waals surface area contributed by atoms with Crippen molar-refractivity contribution in [3.63, 3.8) is 0 Å². The van der Waals surface area contributed by atoms with Gasteiger partial charge in [-0.2, -0.15) is 0 Å². The third-order valence-corrected chi connectivity index (χ3v) is 4.50. The molecular formula is C12H12IN3O2S. The number of thiazole rings is 1. The van der Waals surface area contributed by atoms with Crippen molar-refractivity contribution in [3.05, 3.63) is 48.5 Å². The fraction of sp³-hybridized carbons (Fsp3) is 0.250. The zero-order valence-electron chi connectivity index (χ0n) is 10.2. The van der Waals surface area contributed by atoms with Gasteiger partial charge in [0, 0.05) is 35.8 Å². The smallest absolute Gasteiger partial charge is 0.282 e. The van der Waals surface area contributed by atoms with Crippen LogP contribution >= 0.6 is 33.9 Å². The molecule has 0 saturated heterocycles. The molecule has 0 aliphatic carbocycles. The van der Waals surface area contributed by atoms with Gasteiger partial charge in [-0.1, -0.05) is 6.92 Å². The lowest BCUT2D eigenvalue weighted by Gasteiger charge is -2.11. The standard InChI is InChI=1S/C12H12IN3O2S/c1-8(12-14-4-5-19-12)7-15-9-2-3-11(16(17)18)10(13)6-9/h2-6,8,15H,7H2,1H3. The maximum atomic E-state index is 10.7. The first kappa shape index (κ1) is 14.2. The second kappa shape index (κ2) is 6.29. The van der Waals surface area contributed by atoms with Crippen LogP contribution in [0.2, 0.25) is 0 Å². The van der Waals surface area contributed by atoms with E-state index in [-0.39, 0.29) is 10.6 Å². The van der Waals surface area contributed by atoms with Gasteiger partial charge >= 0.3 is 0 Å². The van der Waals surface area contributed by atoms with Crippen LogP contribution in [-0.2, 0) is 0 Å². The molecule has 0 radical (unpaired) electrons. The molecule has 0 spiro atoms. The van der Waals surface area contributed by atoms with Crippen molar-refractivity contribution < 1.29 is 4.92 Å². The SMILES string of the molecule is CC(CNc1ccc([N+](=O)[O-])c(I)c1)c1nccs1. The molecule has 1 N–H and O–H groups in total. The summed E-state index contributed by atoms with van der Waals surface area (Å²) in [6, 6.07) is 5.04. The number of anilines is 1. The van der Waals surface area contributed by atoms with Crippen LogP contribution in [0.15, 0.2) is 29.8 Å². The molecule has 0 aliphatic heterocycles. The predicted molar refractivity (Wildman–Crippen MR) is 84.8 cm³/mol. The molecule has 1 aromatic carbocycles. The van der Waals surface area contributed by atoms with E-state index in [4.69, 9.17) is 0 Å². The topological polar surface area (TPSA) is 68.1 Å². The van der Waals surface area contributed by atoms with E-state index in [1.165, 1.54) is 6.07 Å². The first-order valence-corrected chi connectivity index (χ1v) is 7.61. The lowest BCUT2D eigenvalue weighted by molar-refractivity contribution is -0.385. The number of aromatic nitrogens is 1. The van der Waals surface area contributed by atoms with Crippen LogP contribution in [0.1, 0.15) is 17.8 Å². The molecule has 100 valence electrons. The van der Waals surface area contributed by atoms with Crippen LogP contribution < -0.4 is 5.32 Å². The summed E-state index contributed by atoms with van der Waals surface area (Å²) in [6.45, 7) is 2.85. The summed E-state index contributed by atoms with van der Waals surface area (Å²) >= 11 is 3.61. The molecule has 0 bridgehead atoms. The summed E-state index contributed by atoms with van der Waals surface area (Å²) in [7, 11) is 0. The van der Waals surface area contributed by atoms with Gasteiger partial charge in [-0.25, -0.2) is 4.98 Å². The Morgan fingerprint density at radius 3 is 2.95 bits per heavy atom. The minimum Gasteiger partial charge on any atom is -0.384 e. The molecule has 2 rings (SSSR count). The van der Waals surface area contributed by atoms with E-state index in [1.807, 2.05) is 28.0 Å². The first-order valence-electron chi connectivity index (χ1n) is 5.65. The van der Waals surface area contributed by atoms with Gasteiger partial charge in [0.2, 0.25) is 0 Å². The minimum absolute atomic E-state index is 0.138. The van der Waals surface area contributed by atoms with E-state index >= 15 is 0 Å². The fourth-order valence-corrected chi connectivity index (χ4v) is 3.01. The zero-order valence-corrected chi connectivity index (χ0v) is 13.1. The summed E-state index contributed by atoms with van der Waals surface area (Å²) in [5, 5.41) is 17.1. The van der Waals surface area contributed by atoms with Crippen molar-refractivity contribution in [1.29, 1.82) is 0 Å². The van der Waals surface area contributed by atoms with Crippen LogP contribution in [0.3, 0.4) is 0 Å². The van der Waals surface area contributed by atoms with Crippen molar-refractivity contribution in [1.82, 2.24) is 4.98 Å². The largest absolute Gasteiger partial charge is 0.384 e. The highest BCUT2D eigenvalue weighted by Gasteiger charge is 2.12. The highest BCUT2D eigenvalue weighted by Crippen LogP contribution is 2.25. The Balaban J connectivity index is 2.00. The third-order valence-electron chi connectivity index (χ3n) is 2.63. The number of hydrogen-bond acceptors (Lipinski definition) is 5. The number of nitrogens with zero attached hydrogens (tertiary/aromatic N) is 2. The van der Waals surface area contributed by atoms with Crippen molar-refractivity contribution in [2.45, 2.75) is 12.8 Å². The first-order chi connectivity index (χ1) is 9.08. The number of nitro groups is 1. The molecular weight excluding hydrogens is 377 g/mol.